The maximum atomic E-state index is 13.2. The average Bonchev–Trinajstić information content (AvgIpc) is 2.70. The van der Waals surface area contributed by atoms with Crippen molar-refractivity contribution in [2.45, 2.75) is 10.1 Å². The van der Waals surface area contributed by atoms with Crippen LogP contribution in [-0.4, -0.2) is 26.0 Å². The molecule has 144 valence electrons. The number of pyridine rings is 1. The number of hydrogen-bond donors (Lipinski definition) is 2. The van der Waals surface area contributed by atoms with Crippen LogP contribution < -0.4 is 10.6 Å². The summed E-state index contributed by atoms with van der Waals surface area (Å²) in [6, 6.07) is 17.7. The van der Waals surface area contributed by atoms with Gasteiger partial charge in [-0.05, 0) is 48.0 Å². The molecule has 6 nitrogen and oxygen atoms in total. The summed E-state index contributed by atoms with van der Waals surface area (Å²) in [6.45, 7) is -0.116. The van der Waals surface area contributed by atoms with Gasteiger partial charge >= 0.3 is 6.03 Å². The fourth-order valence-electron chi connectivity index (χ4n) is 2.64. The predicted octanol–water partition coefficient (Wildman–Crippen LogP) is 4.07. The van der Waals surface area contributed by atoms with Gasteiger partial charge in [0.2, 0.25) is 0 Å². The number of aromatic nitrogens is 1. The third kappa shape index (κ3) is 4.88. The number of nitrogens with zero attached hydrogens (tertiary/aromatic N) is 1. The number of nitrogens with one attached hydrogen (secondary N) is 2. The molecule has 2 amide bonds. The van der Waals surface area contributed by atoms with Gasteiger partial charge in [-0.1, -0.05) is 35.9 Å². The van der Waals surface area contributed by atoms with Crippen LogP contribution >= 0.6 is 11.6 Å². The van der Waals surface area contributed by atoms with Crippen LogP contribution in [0.5, 0.6) is 0 Å². The SMILES string of the molecule is O=C(NC[C@H](c1cccnc1)S(=O)(=O)c1ccc(Cl)cc1)Nc1ccccc1. The first kappa shape index (κ1) is 19.9. The van der Waals surface area contributed by atoms with Crippen LogP contribution in [0.3, 0.4) is 0 Å². The fraction of sp³-hybridized carbons (Fsp3) is 0.100. The van der Waals surface area contributed by atoms with Gasteiger partial charge in [-0.25, -0.2) is 13.2 Å². The zero-order valence-corrected chi connectivity index (χ0v) is 16.3. The van der Waals surface area contributed by atoms with E-state index in [4.69, 9.17) is 11.6 Å². The van der Waals surface area contributed by atoms with Gasteiger partial charge in [-0.15, -0.1) is 0 Å². The molecule has 1 atom stereocenters. The quantitative estimate of drug-likeness (QED) is 0.635. The van der Waals surface area contributed by atoms with E-state index < -0.39 is 21.1 Å². The zero-order chi connectivity index (χ0) is 20.0. The number of carbonyl (C=O) groups excluding carboxylic acids is 1. The molecule has 8 heteroatoms. The lowest BCUT2D eigenvalue weighted by molar-refractivity contribution is 0.252. The normalized spacial score (nSPS) is 12.2. The second-order valence-electron chi connectivity index (χ2n) is 5.97. The highest BCUT2D eigenvalue weighted by Gasteiger charge is 2.29. The molecule has 3 rings (SSSR count). The Morgan fingerprint density at radius 1 is 1.00 bits per heavy atom. The molecule has 0 radical (unpaired) electrons. The number of carbonyl (C=O) groups is 1. The van der Waals surface area contributed by atoms with Crippen LogP contribution in [0.25, 0.3) is 0 Å². The molecule has 0 aliphatic carbocycles. The van der Waals surface area contributed by atoms with Gasteiger partial charge < -0.3 is 10.6 Å². The van der Waals surface area contributed by atoms with E-state index in [-0.39, 0.29) is 11.4 Å². The predicted molar refractivity (Wildman–Crippen MR) is 109 cm³/mol. The number of amides is 2. The number of para-hydroxylation sites is 1. The molecule has 0 unspecified atom stereocenters. The van der Waals surface area contributed by atoms with Crippen molar-refractivity contribution in [2.24, 2.45) is 0 Å². The van der Waals surface area contributed by atoms with E-state index in [0.717, 1.165) is 0 Å². The first-order chi connectivity index (χ1) is 13.5. The maximum Gasteiger partial charge on any atom is 0.319 e. The molecular formula is C20H18ClN3O3S. The third-order valence-corrected chi connectivity index (χ3v) is 6.42. The largest absolute Gasteiger partial charge is 0.336 e. The zero-order valence-electron chi connectivity index (χ0n) is 14.7. The van der Waals surface area contributed by atoms with Crippen LogP contribution in [0.15, 0.2) is 84.0 Å². The number of rotatable bonds is 6. The molecule has 3 aromatic rings. The Labute approximate surface area is 168 Å². The smallest absolute Gasteiger partial charge is 0.319 e. The number of halogens is 1. The van der Waals surface area contributed by atoms with Gasteiger partial charge in [-0.3, -0.25) is 4.98 Å². The van der Waals surface area contributed by atoms with E-state index >= 15 is 0 Å². The molecule has 1 aromatic heterocycles. The van der Waals surface area contributed by atoms with Crippen molar-refractivity contribution in [2.75, 3.05) is 11.9 Å². The van der Waals surface area contributed by atoms with Crippen molar-refractivity contribution in [3.63, 3.8) is 0 Å². The highest BCUT2D eigenvalue weighted by atomic mass is 35.5. The Kier molecular flexibility index (Phi) is 6.28. The Balaban J connectivity index is 1.82. The average molecular weight is 416 g/mol. The lowest BCUT2D eigenvalue weighted by Crippen LogP contribution is -2.35. The van der Waals surface area contributed by atoms with Crippen LogP contribution in [0.4, 0.5) is 10.5 Å². The Morgan fingerprint density at radius 2 is 1.71 bits per heavy atom. The van der Waals surface area contributed by atoms with E-state index in [1.807, 2.05) is 6.07 Å². The van der Waals surface area contributed by atoms with Gasteiger partial charge in [0.25, 0.3) is 0 Å². The van der Waals surface area contributed by atoms with Crippen molar-refractivity contribution in [3.8, 4) is 0 Å². The van der Waals surface area contributed by atoms with Crippen molar-refractivity contribution in [1.82, 2.24) is 10.3 Å². The van der Waals surface area contributed by atoms with E-state index in [1.165, 1.54) is 30.5 Å². The maximum absolute atomic E-state index is 13.2. The van der Waals surface area contributed by atoms with Crippen LogP contribution in [0, 0.1) is 0 Å². The molecular weight excluding hydrogens is 398 g/mol. The molecule has 28 heavy (non-hydrogen) atoms. The summed E-state index contributed by atoms with van der Waals surface area (Å²) in [5.74, 6) is 0. The van der Waals surface area contributed by atoms with Crippen LogP contribution in [0.2, 0.25) is 5.02 Å². The molecule has 0 saturated heterocycles. The minimum absolute atomic E-state index is 0.116. The van der Waals surface area contributed by atoms with Gasteiger partial charge in [0, 0.05) is 29.6 Å². The minimum Gasteiger partial charge on any atom is -0.336 e. The summed E-state index contributed by atoms with van der Waals surface area (Å²) in [7, 11) is -3.78. The molecule has 1 heterocycles. The van der Waals surface area contributed by atoms with Gasteiger partial charge in [-0.2, -0.15) is 0 Å². The molecule has 2 N–H and O–H groups in total. The monoisotopic (exact) mass is 415 g/mol. The van der Waals surface area contributed by atoms with Crippen LogP contribution in [0.1, 0.15) is 10.8 Å². The van der Waals surface area contributed by atoms with Crippen molar-refractivity contribution in [3.05, 3.63) is 89.7 Å². The van der Waals surface area contributed by atoms with Gasteiger partial charge in [0.1, 0.15) is 5.25 Å². The highest BCUT2D eigenvalue weighted by Crippen LogP contribution is 2.28. The minimum atomic E-state index is -3.78. The Bertz CT molecular complexity index is 1030. The Hall–Kier alpha value is -2.90. The summed E-state index contributed by atoms with van der Waals surface area (Å²) < 4.78 is 26.3. The molecule has 0 fully saturated rings. The summed E-state index contributed by atoms with van der Waals surface area (Å²) >= 11 is 5.87. The number of benzene rings is 2. The summed E-state index contributed by atoms with van der Waals surface area (Å²) in [4.78, 5) is 16.3. The third-order valence-electron chi connectivity index (χ3n) is 4.05. The molecule has 0 saturated carbocycles. The molecule has 0 bridgehead atoms. The molecule has 0 aliphatic rings. The number of sulfone groups is 1. The van der Waals surface area contributed by atoms with E-state index in [2.05, 4.69) is 15.6 Å². The van der Waals surface area contributed by atoms with E-state index in [0.29, 0.717) is 16.3 Å². The summed E-state index contributed by atoms with van der Waals surface area (Å²) in [6.07, 6.45) is 3.04. The van der Waals surface area contributed by atoms with Crippen molar-refractivity contribution >= 4 is 33.2 Å². The second kappa shape index (κ2) is 8.86. The molecule has 2 aromatic carbocycles. The van der Waals surface area contributed by atoms with Gasteiger partial charge in [0.15, 0.2) is 9.84 Å². The topological polar surface area (TPSA) is 88.2 Å². The standard InChI is InChI=1S/C20H18ClN3O3S/c21-16-8-10-18(11-9-16)28(26,27)19(15-5-4-12-22-13-15)14-23-20(25)24-17-6-2-1-3-7-17/h1-13,19H,14H2,(H2,23,24,25)/t19-/m1/s1. The van der Waals surface area contributed by atoms with Gasteiger partial charge in [0.05, 0.1) is 4.90 Å². The summed E-state index contributed by atoms with van der Waals surface area (Å²) in [5, 5.41) is 4.75. The molecule has 0 spiro atoms. The lowest BCUT2D eigenvalue weighted by Gasteiger charge is -2.19. The van der Waals surface area contributed by atoms with Crippen molar-refractivity contribution in [1.29, 1.82) is 0 Å². The number of hydrogen-bond acceptors (Lipinski definition) is 4. The fourth-order valence-corrected chi connectivity index (χ4v) is 4.41. The number of anilines is 1. The second-order valence-corrected chi connectivity index (χ2v) is 8.54. The van der Waals surface area contributed by atoms with E-state index in [9.17, 15) is 13.2 Å². The van der Waals surface area contributed by atoms with Crippen LogP contribution in [-0.2, 0) is 9.84 Å². The first-order valence-corrected chi connectivity index (χ1v) is 10.4. The summed E-state index contributed by atoms with van der Waals surface area (Å²) in [5.41, 5.74) is 1.09. The van der Waals surface area contributed by atoms with Crippen molar-refractivity contribution < 1.29 is 13.2 Å². The number of urea groups is 1. The Morgan fingerprint density at radius 3 is 2.36 bits per heavy atom. The highest BCUT2D eigenvalue weighted by molar-refractivity contribution is 7.91. The van der Waals surface area contributed by atoms with E-state index in [1.54, 1.807) is 42.6 Å². The molecule has 0 aliphatic heterocycles. The lowest BCUT2D eigenvalue weighted by atomic mass is 10.2. The first-order valence-electron chi connectivity index (χ1n) is 8.46.